The fourth-order valence-electron chi connectivity index (χ4n) is 3.42. The topological polar surface area (TPSA) is 52.3 Å². The second-order valence-corrected chi connectivity index (χ2v) is 7.36. The third kappa shape index (κ3) is 11.5. The summed E-state index contributed by atoms with van der Waals surface area (Å²) < 4.78 is 5.61. The van der Waals surface area contributed by atoms with Crippen LogP contribution in [0, 0.1) is 5.92 Å². The van der Waals surface area contributed by atoms with E-state index in [1.807, 2.05) is 30.3 Å². The molecular weight excluding hydrogens is 358 g/mol. The van der Waals surface area contributed by atoms with Gasteiger partial charge in [-0.25, -0.2) is 0 Å². The van der Waals surface area contributed by atoms with Crippen LogP contribution in [-0.4, -0.2) is 13.0 Å². The van der Waals surface area contributed by atoms with Gasteiger partial charge in [0.05, 0.1) is 12.0 Å². The minimum Gasteiger partial charge on any atom is -0.376 e. The van der Waals surface area contributed by atoms with Gasteiger partial charge in [-0.1, -0.05) is 93.0 Å². The molecule has 0 heterocycles. The molecule has 0 spiro atoms. The Bertz CT molecular complexity index is 619. The zero-order chi connectivity index (χ0) is 21.2. The van der Waals surface area contributed by atoms with E-state index in [4.69, 9.17) is 10.5 Å². The van der Waals surface area contributed by atoms with E-state index in [0.29, 0.717) is 0 Å². The highest BCUT2D eigenvalue weighted by Gasteiger charge is 2.27. The Kier molecular flexibility index (Phi) is 14.4. The maximum atomic E-state index is 12.0. The Hall–Kier alpha value is -2.13. The van der Waals surface area contributed by atoms with Gasteiger partial charge >= 0.3 is 0 Å². The Morgan fingerprint density at radius 3 is 2.17 bits per heavy atom. The highest BCUT2D eigenvalue weighted by Crippen LogP contribution is 2.29. The number of methoxy groups -OCH3 is 1. The molecular formula is C26H39NO2. The van der Waals surface area contributed by atoms with Gasteiger partial charge in [-0.3, -0.25) is 4.79 Å². The molecule has 0 aromatic heterocycles. The standard InChI is InChI=1S/C26H39NO2/c1-3-4-5-6-7-8-9-10-11-12-13-14-15-19-22-24(26(27)28)25(29-2)23-20-17-16-18-21-23/h4-5,7-8,10-11,16-18,20-21,24-25H,3,6,9,12-15,19,22H2,1-2H3,(H2,27,28)/b5-4-,8-7-,11-10-. The Morgan fingerprint density at radius 2 is 1.55 bits per heavy atom. The van der Waals surface area contributed by atoms with Crippen molar-refractivity contribution in [2.24, 2.45) is 11.7 Å². The number of carbonyl (C=O) groups excluding carboxylic acids is 1. The molecule has 3 nitrogen and oxygen atoms in total. The number of nitrogens with two attached hydrogens (primary N) is 1. The quantitative estimate of drug-likeness (QED) is 0.250. The van der Waals surface area contributed by atoms with Crippen molar-refractivity contribution in [3.8, 4) is 0 Å². The highest BCUT2D eigenvalue weighted by molar-refractivity contribution is 5.77. The number of benzene rings is 1. The first-order valence-electron chi connectivity index (χ1n) is 11.0. The van der Waals surface area contributed by atoms with Crippen LogP contribution >= 0.6 is 0 Å². The van der Waals surface area contributed by atoms with E-state index in [-0.39, 0.29) is 17.9 Å². The first-order valence-corrected chi connectivity index (χ1v) is 11.0. The summed E-state index contributed by atoms with van der Waals surface area (Å²) in [5.74, 6) is -0.553. The van der Waals surface area contributed by atoms with Crippen LogP contribution in [0.3, 0.4) is 0 Å². The number of rotatable bonds is 16. The molecule has 0 aliphatic rings. The van der Waals surface area contributed by atoms with Gasteiger partial charge in [0, 0.05) is 7.11 Å². The van der Waals surface area contributed by atoms with E-state index in [1.165, 1.54) is 12.8 Å². The van der Waals surface area contributed by atoms with Gasteiger partial charge in [-0.2, -0.15) is 0 Å². The molecule has 160 valence electrons. The van der Waals surface area contributed by atoms with Crippen LogP contribution in [0.4, 0.5) is 0 Å². The van der Waals surface area contributed by atoms with Crippen LogP contribution in [-0.2, 0) is 9.53 Å². The summed E-state index contributed by atoms with van der Waals surface area (Å²) in [5, 5.41) is 0. The lowest BCUT2D eigenvalue weighted by Crippen LogP contribution is -2.29. The number of ether oxygens (including phenoxy) is 1. The number of amides is 1. The van der Waals surface area contributed by atoms with Crippen molar-refractivity contribution in [2.75, 3.05) is 7.11 Å². The summed E-state index contributed by atoms with van der Waals surface area (Å²) in [7, 11) is 1.65. The second kappa shape index (κ2) is 16.8. The van der Waals surface area contributed by atoms with Crippen LogP contribution in [0.2, 0.25) is 0 Å². The number of primary amides is 1. The van der Waals surface area contributed by atoms with Crippen molar-refractivity contribution in [3.05, 3.63) is 72.4 Å². The van der Waals surface area contributed by atoms with Crippen molar-refractivity contribution in [2.45, 2.75) is 70.8 Å². The van der Waals surface area contributed by atoms with Gasteiger partial charge in [-0.15, -0.1) is 0 Å². The van der Waals surface area contributed by atoms with Gasteiger partial charge < -0.3 is 10.5 Å². The van der Waals surface area contributed by atoms with E-state index >= 15 is 0 Å². The monoisotopic (exact) mass is 397 g/mol. The van der Waals surface area contributed by atoms with E-state index in [0.717, 1.165) is 50.5 Å². The molecule has 2 unspecified atom stereocenters. The van der Waals surface area contributed by atoms with Crippen molar-refractivity contribution in [3.63, 3.8) is 0 Å². The maximum Gasteiger partial charge on any atom is 0.223 e. The summed E-state index contributed by atoms with van der Waals surface area (Å²) in [4.78, 5) is 12.0. The fraction of sp³-hybridized carbons (Fsp3) is 0.500. The normalized spacial score (nSPS) is 14.1. The van der Waals surface area contributed by atoms with Gasteiger partial charge in [0.25, 0.3) is 0 Å². The average Bonchev–Trinajstić information content (AvgIpc) is 2.73. The minimum atomic E-state index is -0.277. The number of hydrogen-bond donors (Lipinski definition) is 1. The summed E-state index contributed by atoms with van der Waals surface area (Å²) in [6, 6.07) is 9.88. The Balaban J connectivity index is 2.21. The molecule has 0 bridgehead atoms. The number of unbranched alkanes of at least 4 members (excludes halogenated alkanes) is 4. The lowest BCUT2D eigenvalue weighted by atomic mass is 9.90. The predicted molar refractivity (Wildman–Crippen MR) is 124 cm³/mol. The predicted octanol–water partition coefficient (Wildman–Crippen LogP) is 6.68. The highest BCUT2D eigenvalue weighted by atomic mass is 16.5. The zero-order valence-electron chi connectivity index (χ0n) is 18.3. The Labute approximate surface area is 177 Å². The first kappa shape index (κ1) is 24.9. The molecule has 0 saturated heterocycles. The van der Waals surface area contributed by atoms with Gasteiger partial charge in [0.15, 0.2) is 0 Å². The summed E-state index contributed by atoms with van der Waals surface area (Å²) in [5.41, 5.74) is 6.68. The molecule has 29 heavy (non-hydrogen) atoms. The van der Waals surface area contributed by atoms with Crippen LogP contribution in [0.1, 0.15) is 76.4 Å². The van der Waals surface area contributed by atoms with Crippen LogP contribution in [0.25, 0.3) is 0 Å². The molecule has 1 aromatic carbocycles. The van der Waals surface area contributed by atoms with Crippen molar-refractivity contribution >= 4 is 5.91 Å². The van der Waals surface area contributed by atoms with Crippen molar-refractivity contribution < 1.29 is 9.53 Å². The molecule has 1 amide bonds. The van der Waals surface area contributed by atoms with Crippen LogP contribution < -0.4 is 5.73 Å². The fourth-order valence-corrected chi connectivity index (χ4v) is 3.42. The molecule has 2 atom stereocenters. The van der Waals surface area contributed by atoms with E-state index in [1.54, 1.807) is 7.11 Å². The zero-order valence-corrected chi connectivity index (χ0v) is 18.3. The molecule has 0 saturated carbocycles. The van der Waals surface area contributed by atoms with E-state index in [2.05, 4.69) is 43.4 Å². The van der Waals surface area contributed by atoms with Crippen LogP contribution in [0.15, 0.2) is 66.8 Å². The van der Waals surface area contributed by atoms with E-state index < -0.39 is 0 Å². The van der Waals surface area contributed by atoms with Gasteiger partial charge in [0.1, 0.15) is 0 Å². The molecule has 1 aromatic rings. The van der Waals surface area contributed by atoms with Crippen molar-refractivity contribution in [1.82, 2.24) is 0 Å². The third-order valence-corrected chi connectivity index (χ3v) is 5.03. The summed E-state index contributed by atoms with van der Waals surface area (Å²) in [6.07, 6.45) is 22.6. The summed E-state index contributed by atoms with van der Waals surface area (Å²) >= 11 is 0. The Morgan fingerprint density at radius 1 is 0.931 bits per heavy atom. The first-order chi connectivity index (χ1) is 14.2. The van der Waals surface area contributed by atoms with Crippen LogP contribution in [0.5, 0.6) is 0 Å². The van der Waals surface area contributed by atoms with E-state index in [9.17, 15) is 4.79 Å². The smallest absolute Gasteiger partial charge is 0.223 e. The third-order valence-electron chi connectivity index (χ3n) is 5.03. The number of carbonyl (C=O) groups is 1. The molecule has 2 N–H and O–H groups in total. The molecule has 0 aliphatic heterocycles. The van der Waals surface area contributed by atoms with Gasteiger partial charge in [0.2, 0.25) is 5.91 Å². The molecule has 1 rings (SSSR count). The molecule has 0 fully saturated rings. The SMILES string of the molecule is CC/C=C\C/C=C\C/C=C\CCCCCCC(C(N)=O)C(OC)c1ccccc1. The minimum absolute atomic E-state index is 0.262. The maximum absolute atomic E-state index is 12.0. The molecule has 0 aliphatic carbocycles. The summed E-state index contributed by atoms with van der Waals surface area (Å²) in [6.45, 7) is 2.15. The molecule has 0 radical (unpaired) electrons. The molecule has 3 heteroatoms. The second-order valence-electron chi connectivity index (χ2n) is 7.36. The number of allylic oxidation sites excluding steroid dienone is 6. The average molecular weight is 398 g/mol. The lowest BCUT2D eigenvalue weighted by Gasteiger charge is -2.24. The van der Waals surface area contributed by atoms with Gasteiger partial charge in [-0.05, 0) is 44.1 Å². The lowest BCUT2D eigenvalue weighted by molar-refractivity contribution is -0.126. The largest absolute Gasteiger partial charge is 0.376 e. The van der Waals surface area contributed by atoms with Crippen molar-refractivity contribution in [1.29, 1.82) is 0 Å². The number of hydrogen-bond acceptors (Lipinski definition) is 2.